The highest BCUT2D eigenvalue weighted by molar-refractivity contribution is 14.0. The molecular weight excluding hydrogens is 395 g/mol. The Morgan fingerprint density at radius 3 is 2.81 bits per heavy atom. The molecule has 1 aromatic carbocycles. The monoisotopic (exact) mass is 414 g/mol. The summed E-state index contributed by atoms with van der Waals surface area (Å²) < 4.78 is 0. The molecule has 2 aromatic rings. The predicted octanol–water partition coefficient (Wildman–Crippen LogP) is 2.72. The largest absolute Gasteiger partial charge is 0.370 e. The van der Waals surface area contributed by atoms with Crippen molar-refractivity contribution in [2.45, 2.75) is 6.54 Å². The van der Waals surface area contributed by atoms with Gasteiger partial charge in [-0.25, -0.2) is 4.99 Å². The van der Waals surface area contributed by atoms with Crippen LogP contribution in [0.4, 0.5) is 0 Å². The highest BCUT2D eigenvalue weighted by Crippen LogP contribution is 2.17. The fourth-order valence-corrected chi connectivity index (χ4v) is 3.26. The van der Waals surface area contributed by atoms with E-state index in [1.165, 1.54) is 0 Å². The molecule has 0 amide bonds. The molecule has 1 aromatic heterocycles. The van der Waals surface area contributed by atoms with Crippen molar-refractivity contribution in [2.75, 3.05) is 24.6 Å². The van der Waals surface area contributed by atoms with Gasteiger partial charge < -0.3 is 10.6 Å². The number of hydrogen-bond donors (Lipinski definition) is 1. The van der Waals surface area contributed by atoms with Gasteiger partial charge in [0.1, 0.15) is 0 Å². The minimum Gasteiger partial charge on any atom is -0.370 e. The Balaban J connectivity index is 0.00000161. The average Bonchev–Trinajstić information content (AvgIpc) is 2.53. The van der Waals surface area contributed by atoms with Crippen molar-refractivity contribution in [3.8, 4) is 0 Å². The third-order valence-corrected chi connectivity index (χ3v) is 4.41. The highest BCUT2D eigenvalue weighted by Gasteiger charge is 2.12. The van der Waals surface area contributed by atoms with Crippen LogP contribution in [-0.4, -0.2) is 40.4 Å². The standard InChI is InChI=1S/C15H18N4S.HI/c16-15(19-7-9-20-10-8-19)18-11-13-4-1-3-12-5-2-6-17-14(12)13;/h1-6H,7-11H2,(H2,16,18);1H. The number of nitrogens with two attached hydrogens (primary N) is 1. The molecule has 6 heteroatoms. The number of para-hydroxylation sites is 1. The lowest BCUT2D eigenvalue weighted by atomic mass is 10.1. The molecule has 1 fully saturated rings. The van der Waals surface area contributed by atoms with Gasteiger partial charge in [-0.1, -0.05) is 24.3 Å². The first-order valence-electron chi connectivity index (χ1n) is 6.80. The lowest BCUT2D eigenvalue weighted by Gasteiger charge is -2.27. The summed E-state index contributed by atoms with van der Waals surface area (Å²) in [6.07, 6.45) is 1.82. The number of hydrogen-bond acceptors (Lipinski definition) is 3. The third-order valence-electron chi connectivity index (χ3n) is 3.46. The van der Waals surface area contributed by atoms with Gasteiger partial charge in [-0.2, -0.15) is 11.8 Å². The summed E-state index contributed by atoms with van der Waals surface area (Å²) in [5.74, 6) is 2.91. The van der Waals surface area contributed by atoms with Crippen LogP contribution in [0.25, 0.3) is 10.9 Å². The van der Waals surface area contributed by atoms with Crippen LogP contribution >= 0.6 is 35.7 Å². The average molecular weight is 414 g/mol. The van der Waals surface area contributed by atoms with Crippen LogP contribution in [0.1, 0.15) is 5.56 Å². The van der Waals surface area contributed by atoms with E-state index in [2.05, 4.69) is 33.1 Å². The maximum atomic E-state index is 6.09. The number of nitrogens with zero attached hydrogens (tertiary/aromatic N) is 3. The summed E-state index contributed by atoms with van der Waals surface area (Å²) >= 11 is 1.97. The fraction of sp³-hybridized carbons (Fsp3) is 0.333. The SMILES string of the molecule is I.NC(=NCc1cccc2cccnc12)N1CCSCC1. The van der Waals surface area contributed by atoms with E-state index in [9.17, 15) is 0 Å². The molecular formula is C15H19IN4S. The number of guanidine groups is 1. The quantitative estimate of drug-likeness (QED) is 0.467. The van der Waals surface area contributed by atoms with Crippen molar-refractivity contribution in [1.29, 1.82) is 0 Å². The van der Waals surface area contributed by atoms with Gasteiger partial charge in [0.05, 0.1) is 12.1 Å². The Labute approximate surface area is 146 Å². The van der Waals surface area contributed by atoms with E-state index < -0.39 is 0 Å². The Morgan fingerprint density at radius 1 is 1.24 bits per heavy atom. The zero-order valence-electron chi connectivity index (χ0n) is 11.7. The summed E-state index contributed by atoms with van der Waals surface area (Å²) in [6, 6.07) is 10.2. The van der Waals surface area contributed by atoms with Gasteiger partial charge in [-0.3, -0.25) is 4.98 Å². The number of fused-ring (bicyclic) bond motifs is 1. The molecule has 3 rings (SSSR count). The number of aromatic nitrogens is 1. The first-order valence-corrected chi connectivity index (χ1v) is 7.95. The lowest BCUT2D eigenvalue weighted by molar-refractivity contribution is 0.455. The Bertz CT molecular complexity index is 621. The number of pyridine rings is 1. The minimum absolute atomic E-state index is 0. The van der Waals surface area contributed by atoms with Crippen LogP contribution in [-0.2, 0) is 6.54 Å². The zero-order valence-corrected chi connectivity index (χ0v) is 14.9. The first-order chi connectivity index (χ1) is 9.84. The van der Waals surface area contributed by atoms with E-state index in [-0.39, 0.29) is 24.0 Å². The van der Waals surface area contributed by atoms with E-state index in [0.29, 0.717) is 12.5 Å². The molecule has 2 N–H and O–H groups in total. The third kappa shape index (κ3) is 4.00. The summed E-state index contributed by atoms with van der Waals surface area (Å²) in [7, 11) is 0. The maximum Gasteiger partial charge on any atom is 0.191 e. The second-order valence-electron chi connectivity index (χ2n) is 4.77. The number of rotatable bonds is 2. The smallest absolute Gasteiger partial charge is 0.191 e. The van der Waals surface area contributed by atoms with Crippen LogP contribution in [0.15, 0.2) is 41.5 Å². The molecule has 112 valence electrons. The molecule has 0 bridgehead atoms. The van der Waals surface area contributed by atoms with E-state index >= 15 is 0 Å². The van der Waals surface area contributed by atoms with Gasteiger partial charge in [0.2, 0.25) is 0 Å². The molecule has 0 spiro atoms. The van der Waals surface area contributed by atoms with Crippen LogP contribution in [0.3, 0.4) is 0 Å². The minimum atomic E-state index is 0. The van der Waals surface area contributed by atoms with Crippen molar-refractivity contribution in [3.63, 3.8) is 0 Å². The Kier molecular flexibility index (Phi) is 6.10. The van der Waals surface area contributed by atoms with Gasteiger partial charge in [0.15, 0.2) is 5.96 Å². The molecule has 2 heterocycles. The molecule has 0 saturated carbocycles. The molecule has 0 radical (unpaired) electrons. The second kappa shape index (κ2) is 7.84. The molecule has 21 heavy (non-hydrogen) atoms. The number of halogens is 1. The maximum absolute atomic E-state index is 6.09. The summed E-state index contributed by atoms with van der Waals surface area (Å²) in [4.78, 5) is 11.1. The Morgan fingerprint density at radius 2 is 2.00 bits per heavy atom. The van der Waals surface area contributed by atoms with Gasteiger partial charge in [-0.05, 0) is 11.6 Å². The van der Waals surface area contributed by atoms with Crippen LogP contribution in [0.2, 0.25) is 0 Å². The van der Waals surface area contributed by atoms with Gasteiger partial charge in [0.25, 0.3) is 0 Å². The number of thioether (sulfide) groups is 1. The van der Waals surface area contributed by atoms with Crippen molar-refractivity contribution in [2.24, 2.45) is 10.7 Å². The van der Waals surface area contributed by atoms with Crippen LogP contribution in [0.5, 0.6) is 0 Å². The van der Waals surface area contributed by atoms with Crippen molar-refractivity contribution < 1.29 is 0 Å². The van der Waals surface area contributed by atoms with Crippen LogP contribution in [0, 0.1) is 0 Å². The zero-order chi connectivity index (χ0) is 13.8. The fourth-order valence-electron chi connectivity index (χ4n) is 2.35. The molecule has 4 nitrogen and oxygen atoms in total. The molecule has 0 unspecified atom stereocenters. The second-order valence-corrected chi connectivity index (χ2v) is 5.99. The number of aliphatic imine (C=N–C) groups is 1. The van der Waals surface area contributed by atoms with E-state index in [0.717, 1.165) is 41.1 Å². The normalized spacial score (nSPS) is 15.8. The number of benzene rings is 1. The topological polar surface area (TPSA) is 54.5 Å². The van der Waals surface area contributed by atoms with E-state index in [1.54, 1.807) is 0 Å². The van der Waals surface area contributed by atoms with Crippen molar-refractivity contribution in [3.05, 3.63) is 42.1 Å². The van der Waals surface area contributed by atoms with Gasteiger partial charge in [-0.15, -0.1) is 24.0 Å². The molecule has 1 aliphatic rings. The molecule has 1 saturated heterocycles. The van der Waals surface area contributed by atoms with E-state index in [1.807, 2.05) is 30.1 Å². The van der Waals surface area contributed by atoms with E-state index in [4.69, 9.17) is 5.73 Å². The predicted molar refractivity (Wildman–Crippen MR) is 101 cm³/mol. The van der Waals surface area contributed by atoms with Crippen molar-refractivity contribution >= 4 is 52.6 Å². The molecule has 0 aliphatic carbocycles. The van der Waals surface area contributed by atoms with Gasteiger partial charge >= 0.3 is 0 Å². The first kappa shape index (κ1) is 16.4. The molecule has 1 aliphatic heterocycles. The Hall–Kier alpha value is -1.02. The lowest BCUT2D eigenvalue weighted by Crippen LogP contribution is -2.42. The highest BCUT2D eigenvalue weighted by atomic mass is 127. The van der Waals surface area contributed by atoms with Crippen molar-refractivity contribution in [1.82, 2.24) is 9.88 Å². The summed E-state index contributed by atoms with van der Waals surface area (Å²) in [6.45, 7) is 2.57. The summed E-state index contributed by atoms with van der Waals surface area (Å²) in [5.41, 5.74) is 8.22. The molecule has 0 atom stereocenters. The summed E-state index contributed by atoms with van der Waals surface area (Å²) in [5, 5.41) is 1.15. The van der Waals surface area contributed by atoms with Gasteiger partial charge in [0, 0.05) is 36.2 Å². The van der Waals surface area contributed by atoms with Crippen LogP contribution < -0.4 is 5.73 Å².